The molecule has 0 atom stereocenters. The number of hydrogen-bond donors (Lipinski definition) is 3. The predicted molar refractivity (Wildman–Crippen MR) is 124 cm³/mol. The molecule has 2 amide bonds. The molecular weight excluding hydrogens is 436 g/mol. The van der Waals surface area contributed by atoms with Crippen molar-refractivity contribution in [3.05, 3.63) is 59.7 Å². The third-order valence-corrected chi connectivity index (χ3v) is 5.80. The van der Waals surface area contributed by atoms with Crippen molar-refractivity contribution in [1.29, 1.82) is 0 Å². The van der Waals surface area contributed by atoms with Crippen molar-refractivity contribution in [3.8, 4) is 22.5 Å². The number of nitrogens with two attached hydrogens (primary N) is 1. The molecule has 0 spiro atoms. The number of carboxylic acid groups (broad SMARTS) is 1. The lowest BCUT2D eigenvalue weighted by molar-refractivity contribution is 0.0771. The van der Waals surface area contributed by atoms with Gasteiger partial charge in [0.05, 0.1) is 5.52 Å². The Morgan fingerprint density at radius 1 is 1.12 bits per heavy atom. The second-order valence-electron chi connectivity index (χ2n) is 8.08. The number of nitrogens with zero attached hydrogens (tertiary/aromatic N) is 6. The summed E-state index contributed by atoms with van der Waals surface area (Å²) in [5.41, 5.74) is 11.5. The number of aromatic nitrogens is 5. The van der Waals surface area contributed by atoms with Gasteiger partial charge in [0.25, 0.3) is 5.91 Å². The maximum absolute atomic E-state index is 13.3. The number of nitrogens with one attached hydrogen (secondary N) is 1. The Hall–Kier alpha value is -4.54. The lowest BCUT2D eigenvalue weighted by atomic mass is 10.0. The summed E-state index contributed by atoms with van der Waals surface area (Å²) in [6.45, 7) is 2.88. The molecule has 0 aliphatic carbocycles. The van der Waals surface area contributed by atoms with E-state index in [1.54, 1.807) is 11.8 Å². The maximum Gasteiger partial charge on any atom is 0.404 e. The number of benzene rings is 1. The van der Waals surface area contributed by atoms with E-state index in [4.69, 9.17) is 10.8 Å². The lowest BCUT2D eigenvalue weighted by Gasteiger charge is -2.17. The van der Waals surface area contributed by atoms with E-state index in [9.17, 15) is 9.59 Å². The van der Waals surface area contributed by atoms with Crippen LogP contribution in [0.15, 0.2) is 42.6 Å². The fourth-order valence-electron chi connectivity index (χ4n) is 4.26. The van der Waals surface area contributed by atoms with Gasteiger partial charge >= 0.3 is 6.09 Å². The predicted octanol–water partition coefficient (Wildman–Crippen LogP) is 2.36. The normalized spacial score (nSPS) is 12.9. The highest BCUT2D eigenvalue weighted by molar-refractivity contribution is 6.04. The number of fused-ring (bicyclic) bond motifs is 3. The first-order chi connectivity index (χ1) is 16.4. The second-order valence-corrected chi connectivity index (χ2v) is 8.08. The molecule has 1 aliphatic rings. The highest BCUT2D eigenvalue weighted by Gasteiger charge is 2.34. The molecule has 172 valence electrons. The summed E-state index contributed by atoms with van der Waals surface area (Å²) in [6, 6.07) is 11.3. The Morgan fingerprint density at radius 2 is 1.85 bits per heavy atom. The highest BCUT2D eigenvalue weighted by atomic mass is 16.4. The molecule has 4 aromatic rings. The Bertz CT molecular complexity index is 1400. The number of rotatable bonds is 6. The molecule has 11 heteroatoms. The standard InChI is InChI=1S/C23H22N8O3/c1-13-26-28-21(29-27-13)15-7-10-31-18(11-15)19(14-3-5-16(24)6-4-14)17-12-30(22(32)20(17)31)9-2-8-25-23(33)34/h3-7,10-11,25H,2,8-9,12,24H2,1H3,(H,33,34). The van der Waals surface area contributed by atoms with Crippen molar-refractivity contribution in [2.24, 2.45) is 0 Å². The van der Waals surface area contributed by atoms with E-state index in [1.165, 1.54) is 0 Å². The molecule has 0 fully saturated rings. The number of anilines is 1. The van der Waals surface area contributed by atoms with Crippen molar-refractivity contribution < 1.29 is 14.7 Å². The van der Waals surface area contributed by atoms with Crippen LogP contribution in [0.25, 0.3) is 28.0 Å². The SMILES string of the molecule is Cc1nnc(-c2ccn3c4c(c(-c5ccc(N)cc5)c3c2)CN(CCCNC(=O)O)C4=O)nn1. The Kier molecular flexibility index (Phi) is 5.28. The van der Waals surface area contributed by atoms with E-state index < -0.39 is 6.09 Å². The first kappa shape index (κ1) is 21.3. The van der Waals surface area contributed by atoms with E-state index in [-0.39, 0.29) is 12.5 Å². The van der Waals surface area contributed by atoms with E-state index >= 15 is 0 Å². The molecular formula is C23H22N8O3. The molecule has 0 unspecified atom stereocenters. The average molecular weight is 458 g/mol. The molecule has 34 heavy (non-hydrogen) atoms. The number of carbonyl (C=O) groups excluding carboxylic acids is 1. The van der Waals surface area contributed by atoms with Crippen molar-refractivity contribution >= 4 is 23.2 Å². The van der Waals surface area contributed by atoms with E-state index in [0.29, 0.717) is 42.5 Å². The number of nitrogen functional groups attached to an aromatic ring is 1. The van der Waals surface area contributed by atoms with Crippen LogP contribution in [-0.2, 0) is 6.54 Å². The summed E-state index contributed by atoms with van der Waals surface area (Å²) in [4.78, 5) is 25.8. The van der Waals surface area contributed by atoms with Gasteiger partial charge in [0.1, 0.15) is 5.69 Å². The van der Waals surface area contributed by atoms with Crippen LogP contribution in [0, 0.1) is 6.92 Å². The lowest BCUT2D eigenvalue weighted by Crippen LogP contribution is -2.30. The summed E-state index contributed by atoms with van der Waals surface area (Å²) in [5.74, 6) is 0.791. The third kappa shape index (κ3) is 3.76. The minimum atomic E-state index is -1.07. The number of aryl methyl sites for hydroxylation is 1. The Labute approximate surface area is 194 Å². The van der Waals surface area contributed by atoms with Crippen molar-refractivity contribution in [3.63, 3.8) is 0 Å². The van der Waals surface area contributed by atoms with Gasteiger partial charge in [-0.25, -0.2) is 4.79 Å². The minimum absolute atomic E-state index is 0.0929. The highest BCUT2D eigenvalue weighted by Crippen LogP contribution is 2.39. The fraction of sp³-hybridized carbons (Fsp3) is 0.217. The van der Waals surface area contributed by atoms with Gasteiger partial charge in [-0.3, -0.25) is 4.79 Å². The zero-order valence-electron chi connectivity index (χ0n) is 18.4. The third-order valence-electron chi connectivity index (χ3n) is 5.80. The second kappa shape index (κ2) is 8.43. The van der Waals surface area contributed by atoms with Gasteiger partial charge in [-0.1, -0.05) is 12.1 Å². The van der Waals surface area contributed by atoms with E-state index in [1.807, 2.05) is 47.0 Å². The molecule has 5 rings (SSSR count). The van der Waals surface area contributed by atoms with Gasteiger partial charge in [0.2, 0.25) is 5.82 Å². The molecule has 0 saturated carbocycles. The van der Waals surface area contributed by atoms with Gasteiger partial charge in [0.15, 0.2) is 5.82 Å². The Morgan fingerprint density at radius 3 is 2.56 bits per heavy atom. The maximum atomic E-state index is 13.3. The summed E-state index contributed by atoms with van der Waals surface area (Å²) < 4.78 is 1.89. The largest absolute Gasteiger partial charge is 0.465 e. The zero-order valence-corrected chi connectivity index (χ0v) is 18.4. The van der Waals surface area contributed by atoms with E-state index in [0.717, 1.165) is 27.8 Å². The van der Waals surface area contributed by atoms with Crippen LogP contribution >= 0.6 is 0 Å². The number of hydrogen-bond acceptors (Lipinski definition) is 7. The monoisotopic (exact) mass is 458 g/mol. The molecule has 0 radical (unpaired) electrons. The molecule has 4 N–H and O–H groups in total. The van der Waals surface area contributed by atoms with Crippen LogP contribution < -0.4 is 11.1 Å². The van der Waals surface area contributed by atoms with Gasteiger partial charge in [-0.15, -0.1) is 20.4 Å². The molecule has 4 heterocycles. The molecule has 3 aromatic heterocycles. The Balaban J connectivity index is 1.58. The van der Waals surface area contributed by atoms with Gasteiger partial charge in [0, 0.05) is 48.2 Å². The van der Waals surface area contributed by atoms with Crippen LogP contribution in [0.2, 0.25) is 0 Å². The summed E-state index contributed by atoms with van der Waals surface area (Å²) in [7, 11) is 0. The molecule has 0 bridgehead atoms. The zero-order chi connectivity index (χ0) is 23.8. The van der Waals surface area contributed by atoms with Crippen molar-refractivity contribution in [2.45, 2.75) is 19.9 Å². The summed E-state index contributed by atoms with van der Waals surface area (Å²) >= 11 is 0. The van der Waals surface area contributed by atoms with E-state index in [2.05, 4.69) is 25.7 Å². The van der Waals surface area contributed by atoms with Crippen molar-refractivity contribution in [2.75, 3.05) is 18.8 Å². The van der Waals surface area contributed by atoms with Crippen LogP contribution in [0.4, 0.5) is 10.5 Å². The van der Waals surface area contributed by atoms with Crippen LogP contribution in [0.5, 0.6) is 0 Å². The molecule has 11 nitrogen and oxygen atoms in total. The number of pyridine rings is 1. The molecule has 1 aromatic carbocycles. The van der Waals surface area contributed by atoms with Crippen LogP contribution in [0.3, 0.4) is 0 Å². The smallest absolute Gasteiger partial charge is 0.404 e. The van der Waals surface area contributed by atoms with Crippen LogP contribution in [0.1, 0.15) is 28.3 Å². The quantitative estimate of drug-likeness (QED) is 0.294. The fourth-order valence-corrected chi connectivity index (χ4v) is 4.26. The van der Waals surface area contributed by atoms with Gasteiger partial charge < -0.3 is 25.5 Å². The topological polar surface area (TPSA) is 152 Å². The summed E-state index contributed by atoms with van der Waals surface area (Å²) in [6.07, 6.45) is 1.29. The first-order valence-electron chi connectivity index (χ1n) is 10.8. The molecule has 0 saturated heterocycles. The minimum Gasteiger partial charge on any atom is -0.465 e. The number of amides is 2. The van der Waals surface area contributed by atoms with Crippen LogP contribution in [-0.4, -0.2) is 59.9 Å². The number of carbonyl (C=O) groups is 2. The van der Waals surface area contributed by atoms with Crippen molar-refractivity contribution in [1.82, 2.24) is 35.0 Å². The summed E-state index contributed by atoms with van der Waals surface area (Å²) in [5, 5.41) is 27.4. The average Bonchev–Trinajstić information content (AvgIpc) is 3.31. The van der Waals surface area contributed by atoms with Gasteiger partial charge in [-0.05, 0) is 43.2 Å². The first-order valence-corrected chi connectivity index (χ1v) is 10.8. The van der Waals surface area contributed by atoms with Gasteiger partial charge in [-0.2, -0.15) is 0 Å². The molecule has 1 aliphatic heterocycles.